The van der Waals surface area contributed by atoms with E-state index in [4.69, 9.17) is 11.6 Å². The van der Waals surface area contributed by atoms with Gasteiger partial charge in [-0.1, -0.05) is 35.9 Å². The standard InChI is InChI=1S/C18H13ClF3N3O/c19-15-3-1-2-4-16(15)25-11-13(10-24-25)17(26)23-9-12-5-7-14(8-6-12)18(20,21)22/h1-8,10-11H,9H2,(H,23,26). The number of halogens is 4. The Labute approximate surface area is 152 Å². The van der Waals surface area contributed by atoms with E-state index in [0.717, 1.165) is 12.1 Å². The molecule has 2 aromatic carbocycles. The Balaban J connectivity index is 1.65. The highest BCUT2D eigenvalue weighted by Crippen LogP contribution is 2.29. The quantitative estimate of drug-likeness (QED) is 0.726. The topological polar surface area (TPSA) is 46.9 Å². The van der Waals surface area contributed by atoms with Gasteiger partial charge in [0.25, 0.3) is 5.91 Å². The third-order valence-electron chi connectivity index (χ3n) is 3.68. The van der Waals surface area contributed by atoms with Gasteiger partial charge in [0.1, 0.15) is 0 Å². The molecule has 1 amide bonds. The zero-order valence-corrected chi connectivity index (χ0v) is 14.1. The molecule has 26 heavy (non-hydrogen) atoms. The minimum atomic E-state index is -4.38. The SMILES string of the molecule is O=C(NCc1ccc(C(F)(F)F)cc1)c1cnn(-c2ccccc2Cl)c1. The summed E-state index contributed by atoms with van der Waals surface area (Å²) in [5, 5.41) is 7.25. The van der Waals surface area contributed by atoms with Gasteiger partial charge in [0, 0.05) is 12.7 Å². The molecule has 0 spiro atoms. The van der Waals surface area contributed by atoms with E-state index in [-0.39, 0.29) is 12.5 Å². The molecule has 1 N–H and O–H groups in total. The molecule has 1 heterocycles. The van der Waals surface area contributed by atoms with Crippen LogP contribution in [-0.4, -0.2) is 15.7 Å². The minimum Gasteiger partial charge on any atom is -0.348 e. The van der Waals surface area contributed by atoms with E-state index in [1.165, 1.54) is 29.2 Å². The number of alkyl halides is 3. The average molecular weight is 380 g/mol. The number of nitrogens with zero attached hydrogens (tertiary/aromatic N) is 2. The molecule has 3 aromatic rings. The second-order valence-electron chi connectivity index (χ2n) is 5.50. The number of para-hydroxylation sites is 1. The van der Waals surface area contributed by atoms with Crippen LogP contribution in [0.4, 0.5) is 13.2 Å². The van der Waals surface area contributed by atoms with Gasteiger partial charge < -0.3 is 5.32 Å². The van der Waals surface area contributed by atoms with Crippen LogP contribution in [0.1, 0.15) is 21.5 Å². The van der Waals surface area contributed by atoms with Crippen molar-refractivity contribution in [2.24, 2.45) is 0 Å². The van der Waals surface area contributed by atoms with Crippen LogP contribution in [0.15, 0.2) is 60.9 Å². The highest BCUT2D eigenvalue weighted by molar-refractivity contribution is 6.32. The van der Waals surface area contributed by atoms with Crippen molar-refractivity contribution >= 4 is 17.5 Å². The molecule has 3 rings (SSSR count). The predicted molar refractivity (Wildman–Crippen MR) is 91.2 cm³/mol. The largest absolute Gasteiger partial charge is 0.416 e. The smallest absolute Gasteiger partial charge is 0.348 e. The Kier molecular flexibility index (Phi) is 4.99. The summed E-state index contributed by atoms with van der Waals surface area (Å²) in [7, 11) is 0. The van der Waals surface area contributed by atoms with Gasteiger partial charge in [-0.15, -0.1) is 0 Å². The van der Waals surface area contributed by atoms with Crippen molar-refractivity contribution in [1.29, 1.82) is 0 Å². The van der Waals surface area contributed by atoms with E-state index in [1.54, 1.807) is 24.3 Å². The van der Waals surface area contributed by atoms with Gasteiger partial charge in [-0.3, -0.25) is 4.79 Å². The Morgan fingerprint density at radius 1 is 1.12 bits per heavy atom. The number of aromatic nitrogens is 2. The lowest BCUT2D eigenvalue weighted by Crippen LogP contribution is -2.22. The van der Waals surface area contributed by atoms with Gasteiger partial charge in [-0.2, -0.15) is 18.3 Å². The first-order valence-electron chi connectivity index (χ1n) is 7.58. The van der Waals surface area contributed by atoms with Crippen LogP contribution < -0.4 is 5.32 Å². The fourth-order valence-electron chi connectivity index (χ4n) is 2.31. The van der Waals surface area contributed by atoms with E-state index >= 15 is 0 Å². The normalized spacial score (nSPS) is 11.4. The summed E-state index contributed by atoms with van der Waals surface area (Å²) in [6.07, 6.45) is -1.45. The van der Waals surface area contributed by atoms with Gasteiger partial charge in [0.15, 0.2) is 0 Å². The summed E-state index contributed by atoms with van der Waals surface area (Å²) in [6.45, 7) is 0.105. The molecule has 134 valence electrons. The maximum absolute atomic E-state index is 12.5. The first-order chi connectivity index (χ1) is 12.3. The summed E-state index contributed by atoms with van der Waals surface area (Å²) < 4.78 is 39.1. The molecule has 0 aliphatic heterocycles. The zero-order valence-electron chi connectivity index (χ0n) is 13.3. The lowest BCUT2D eigenvalue weighted by Gasteiger charge is -2.08. The number of amides is 1. The molecule has 8 heteroatoms. The molecular formula is C18H13ClF3N3O. The van der Waals surface area contributed by atoms with Crippen LogP contribution in [0.25, 0.3) is 5.69 Å². The highest BCUT2D eigenvalue weighted by Gasteiger charge is 2.29. The number of carbonyl (C=O) groups excluding carboxylic acids is 1. The van der Waals surface area contributed by atoms with Gasteiger partial charge >= 0.3 is 6.18 Å². The lowest BCUT2D eigenvalue weighted by molar-refractivity contribution is -0.137. The number of hydrogen-bond acceptors (Lipinski definition) is 2. The Hall–Kier alpha value is -2.80. The van der Waals surface area contributed by atoms with Crippen molar-refractivity contribution in [3.05, 3.63) is 82.6 Å². The molecule has 0 radical (unpaired) electrons. The van der Waals surface area contributed by atoms with Crippen LogP contribution in [0.3, 0.4) is 0 Å². The second kappa shape index (κ2) is 7.21. The summed E-state index contributed by atoms with van der Waals surface area (Å²) in [4.78, 5) is 12.2. The van der Waals surface area contributed by atoms with E-state index in [2.05, 4.69) is 10.4 Å². The van der Waals surface area contributed by atoms with E-state index < -0.39 is 11.7 Å². The predicted octanol–water partition coefficient (Wildman–Crippen LogP) is 4.47. The molecular weight excluding hydrogens is 367 g/mol. The molecule has 0 unspecified atom stereocenters. The fraction of sp³-hybridized carbons (Fsp3) is 0.111. The maximum Gasteiger partial charge on any atom is 0.416 e. The van der Waals surface area contributed by atoms with Crippen molar-refractivity contribution in [3.8, 4) is 5.69 Å². The highest BCUT2D eigenvalue weighted by atomic mass is 35.5. The first-order valence-corrected chi connectivity index (χ1v) is 7.96. The summed E-state index contributed by atoms with van der Waals surface area (Å²) >= 11 is 6.09. The molecule has 0 saturated heterocycles. The van der Waals surface area contributed by atoms with Gasteiger partial charge in [0.2, 0.25) is 0 Å². The van der Waals surface area contributed by atoms with Crippen molar-refractivity contribution in [2.45, 2.75) is 12.7 Å². The Morgan fingerprint density at radius 3 is 2.46 bits per heavy atom. The van der Waals surface area contributed by atoms with E-state index in [0.29, 0.717) is 21.8 Å². The molecule has 1 aromatic heterocycles. The molecule has 0 aliphatic carbocycles. The summed E-state index contributed by atoms with van der Waals surface area (Å²) in [5.41, 5.74) is 0.784. The zero-order chi connectivity index (χ0) is 18.7. The van der Waals surface area contributed by atoms with Crippen molar-refractivity contribution in [3.63, 3.8) is 0 Å². The molecule has 0 atom stereocenters. The molecule has 0 aliphatic rings. The number of nitrogens with one attached hydrogen (secondary N) is 1. The van der Waals surface area contributed by atoms with Crippen LogP contribution in [0.5, 0.6) is 0 Å². The summed E-state index contributed by atoms with van der Waals surface area (Å²) in [6, 6.07) is 11.7. The van der Waals surface area contributed by atoms with Crippen molar-refractivity contribution in [2.75, 3.05) is 0 Å². The van der Waals surface area contributed by atoms with Gasteiger partial charge in [-0.05, 0) is 29.8 Å². The number of benzene rings is 2. The number of rotatable bonds is 4. The Bertz CT molecular complexity index is 920. The van der Waals surface area contributed by atoms with Crippen LogP contribution in [0.2, 0.25) is 5.02 Å². The number of carbonyl (C=O) groups is 1. The average Bonchev–Trinajstić information content (AvgIpc) is 3.09. The molecule has 0 bridgehead atoms. The van der Waals surface area contributed by atoms with Gasteiger partial charge in [-0.25, -0.2) is 4.68 Å². The van der Waals surface area contributed by atoms with E-state index in [1.807, 2.05) is 0 Å². The molecule has 4 nitrogen and oxygen atoms in total. The van der Waals surface area contributed by atoms with Crippen LogP contribution in [-0.2, 0) is 12.7 Å². The lowest BCUT2D eigenvalue weighted by atomic mass is 10.1. The molecule has 0 saturated carbocycles. The van der Waals surface area contributed by atoms with Crippen LogP contribution >= 0.6 is 11.6 Å². The second-order valence-corrected chi connectivity index (χ2v) is 5.91. The third-order valence-corrected chi connectivity index (χ3v) is 4.00. The minimum absolute atomic E-state index is 0.105. The van der Waals surface area contributed by atoms with Crippen molar-refractivity contribution in [1.82, 2.24) is 15.1 Å². The number of hydrogen-bond donors (Lipinski definition) is 1. The first kappa shape index (κ1) is 18.0. The molecule has 0 fully saturated rings. The van der Waals surface area contributed by atoms with Crippen molar-refractivity contribution < 1.29 is 18.0 Å². The maximum atomic E-state index is 12.5. The fourth-order valence-corrected chi connectivity index (χ4v) is 2.53. The Morgan fingerprint density at radius 2 is 1.81 bits per heavy atom. The van der Waals surface area contributed by atoms with Gasteiger partial charge in [0.05, 0.1) is 28.0 Å². The van der Waals surface area contributed by atoms with Crippen LogP contribution in [0, 0.1) is 0 Å². The van der Waals surface area contributed by atoms with E-state index in [9.17, 15) is 18.0 Å². The summed E-state index contributed by atoms with van der Waals surface area (Å²) in [5.74, 6) is -0.386. The monoisotopic (exact) mass is 379 g/mol. The third kappa shape index (κ3) is 4.05.